The van der Waals surface area contributed by atoms with E-state index >= 15 is 0 Å². The smallest absolute Gasteiger partial charge is 0.372 e. The summed E-state index contributed by atoms with van der Waals surface area (Å²) >= 11 is 0. The molecule has 0 amide bonds. The van der Waals surface area contributed by atoms with Gasteiger partial charge in [-0.25, -0.2) is 4.98 Å². The van der Waals surface area contributed by atoms with Crippen molar-refractivity contribution in [1.29, 1.82) is 0 Å². The third-order valence-electron chi connectivity index (χ3n) is 3.39. The van der Waals surface area contributed by atoms with Crippen LogP contribution in [-0.4, -0.2) is 41.6 Å². The lowest BCUT2D eigenvalue weighted by atomic mass is 9.97. The lowest BCUT2D eigenvalue weighted by Gasteiger charge is -2.31. The van der Waals surface area contributed by atoms with E-state index in [0.29, 0.717) is 31.4 Å². The van der Waals surface area contributed by atoms with Crippen molar-refractivity contribution >= 4 is 11.5 Å². The summed E-state index contributed by atoms with van der Waals surface area (Å²) in [6.07, 6.45) is 3.12. The average Bonchev–Trinajstić information content (AvgIpc) is 2.46. The molecular weight excluding hydrogens is 250 g/mol. The number of aromatic nitrogens is 2. The molecule has 2 N–H and O–H groups in total. The normalized spacial score (nSPS) is 16.4. The topological polar surface area (TPSA) is 107 Å². The Kier molecular flexibility index (Phi) is 4.10. The van der Waals surface area contributed by atoms with Crippen LogP contribution in [0.3, 0.4) is 0 Å². The Bertz CT molecular complexity index is 460. The summed E-state index contributed by atoms with van der Waals surface area (Å²) in [5.74, 6) is 0.808. The molecule has 0 saturated carbocycles. The molecule has 1 aromatic rings. The molecule has 1 aliphatic rings. The van der Waals surface area contributed by atoms with Crippen LogP contribution in [0.4, 0.5) is 11.5 Å². The lowest BCUT2D eigenvalue weighted by Crippen LogP contribution is -2.37. The summed E-state index contributed by atoms with van der Waals surface area (Å²) in [6, 6.07) is 0. The highest BCUT2D eigenvalue weighted by Crippen LogP contribution is 2.34. The van der Waals surface area contributed by atoms with Gasteiger partial charge < -0.3 is 15.4 Å². The molecule has 1 aromatic heterocycles. The van der Waals surface area contributed by atoms with Gasteiger partial charge in [0.15, 0.2) is 0 Å². The highest BCUT2D eigenvalue weighted by atomic mass is 16.6. The molecule has 0 spiro atoms. The van der Waals surface area contributed by atoms with Crippen LogP contribution in [0.25, 0.3) is 0 Å². The monoisotopic (exact) mass is 267 g/mol. The molecule has 1 aliphatic heterocycles. The van der Waals surface area contributed by atoms with Crippen molar-refractivity contribution in [2.75, 3.05) is 31.6 Å². The van der Waals surface area contributed by atoms with Gasteiger partial charge in [-0.05, 0) is 25.3 Å². The summed E-state index contributed by atoms with van der Waals surface area (Å²) in [4.78, 5) is 20.4. The first-order valence-corrected chi connectivity index (χ1v) is 6.15. The van der Waals surface area contributed by atoms with Crippen molar-refractivity contribution < 1.29 is 9.66 Å². The van der Waals surface area contributed by atoms with Gasteiger partial charge in [0, 0.05) is 13.1 Å². The molecule has 2 heterocycles. The maximum absolute atomic E-state index is 11.2. The predicted octanol–water partition coefficient (Wildman–Crippen LogP) is 0.569. The van der Waals surface area contributed by atoms with Crippen LogP contribution in [0, 0.1) is 16.0 Å². The van der Waals surface area contributed by atoms with Crippen LogP contribution < -0.4 is 15.4 Å². The van der Waals surface area contributed by atoms with E-state index in [2.05, 4.69) is 9.97 Å². The third kappa shape index (κ3) is 2.73. The van der Waals surface area contributed by atoms with E-state index in [1.54, 1.807) is 0 Å². The Hall–Kier alpha value is -1.96. The average molecular weight is 267 g/mol. The molecule has 0 aromatic carbocycles. The van der Waals surface area contributed by atoms with Crippen molar-refractivity contribution in [2.24, 2.45) is 11.7 Å². The van der Waals surface area contributed by atoms with Crippen LogP contribution >= 0.6 is 0 Å². The van der Waals surface area contributed by atoms with Gasteiger partial charge in [0.25, 0.3) is 5.88 Å². The zero-order chi connectivity index (χ0) is 13.8. The maximum Gasteiger partial charge on any atom is 0.372 e. The number of nitrogens with zero attached hydrogens (tertiary/aromatic N) is 4. The van der Waals surface area contributed by atoms with E-state index in [-0.39, 0.29) is 11.6 Å². The fourth-order valence-electron chi connectivity index (χ4n) is 2.27. The molecule has 104 valence electrons. The van der Waals surface area contributed by atoms with Crippen molar-refractivity contribution in [1.82, 2.24) is 9.97 Å². The Morgan fingerprint density at radius 1 is 1.53 bits per heavy atom. The van der Waals surface area contributed by atoms with Crippen LogP contribution in [0.2, 0.25) is 0 Å². The summed E-state index contributed by atoms with van der Waals surface area (Å²) in [5, 5.41) is 11.2. The standard InChI is InChI=1S/C11H17N5O3/c1-19-11-9(16(17)18)10(13-7-14-11)15-4-2-8(6-12)3-5-15/h7-8H,2-6,12H2,1H3. The zero-order valence-corrected chi connectivity index (χ0v) is 10.8. The molecule has 0 bridgehead atoms. The predicted molar refractivity (Wildman–Crippen MR) is 69.2 cm³/mol. The highest BCUT2D eigenvalue weighted by molar-refractivity contribution is 5.62. The van der Waals surface area contributed by atoms with E-state index in [9.17, 15) is 10.1 Å². The quantitative estimate of drug-likeness (QED) is 0.627. The Morgan fingerprint density at radius 3 is 2.74 bits per heavy atom. The first-order chi connectivity index (χ1) is 9.17. The minimum absolute atomic E-state index is 0.00375. The summed E-state index contributed by atoms with van der Waals surface area (Å²) in [6.45, 7) is 2.08. The van der Waals surface area contributed by atoms with Gasteiger partial charge in [-0.2, -0.15) is 4.98 Å². The second-order valence-electron chi connectivity index (χ2n) is 4.48. The van der Waals surface area contributed by atoms with E-state index in [4.69, 9.17) is 10.5 Å². The lowest BCUT2D eigenvalue weighted by molar-refractivity contribution is -0.385. The minimum atomic E-state index is -0.497. The van der Waals surface area contributed by atoms with E-state index in [1.165, 1.54) is 13.4 Å². The molecule has 1 fully saturated rings. The van der Waals surface area contributed by atoms with Crippen molar-refractivity contribution in [3.05, 3.63) is 16.4 Å². The maximum atomic E-state index is 11.2. The number of rotatable bonds is 4. The Labute approximate surface area is 110 Å². The minimum Gasteiger partial charge on any atom is -0.476 e. The van der Waals surface area contributed by atoms with Crippen LogP contribution in [0.15, 0.2) is 6.33 Å². The molecule has 0 atom stereocenters. The van der Waals surface area contributed by atoms with Crippen molar-refractivity contribution in [3.63, 3.8) is 0 Å². The van der Waals surface area contributed by atoms with Crippen LogP contribution in [0.5, 0.6) is 5.88 Å². The number of piperidine rings is 1. The van der Waals surface area contributed by atoms with Gasteiger partial charge in [-0.15, -0.1) is 0 Å². The molecule has 8 heteroatoms. The van der Waals surface area contributed by atoms with E-state index in [1.807, 2.05) is 4.90 Å². The fourth-order valence-corrected chi connectivity index (χ4v) is 2.27. The van der Waals surface area contributed by atoms with Gasteiger partial charge in [0.2, 0.25) is 5.82 Å². The largest absolute Gasteiger partial charge is 0.476 e. The summed E-state index contributed by atoms with van der Waals surface area (Å²) < 4.78 is 4.94. The molecule has 0 unspecified atom stereocenters. The number of nitro groups is 1. The number of anilines is 1. The van der Waals surface area contributed by atoms with Gasteiger partial charge in [0.1, 0.15) is 6.33 Å². The van der Waals surface area contributed by atoms with Crippen LogP contribution in [0.1, 0.15) is 12.8 Å². The molecule has 0 radical (unpaired) electrons. The first-order valence-electron chi connectivity index (χ1n) is 6.15. The van der Waals surface area contributed by atoms with Crippen LogP contribution in [-0.2, 0) is 0 Å². The number of methoxy groups -OCH3 is 1. The summed E-state index contributed by atoms with van der Waals surface area (Å²) in [5.41, 5.74) is 5.47. The van der Waals surface area contributed by atoms with E-state index < -0.39 is 4.92 Å². The number of nitrogens with two attached hydrogens (primary N) is 1. The van der Waals surface area contributed by atoms with Crippen molar-refractivity contribution in [2.45, 2.75) is 12.8 Å². The fraction of sp³-hybridized carbons (Fsp3) is 0.636. The van der Waals surface area contributed by atoms with E-state index in [0.717, 1.165) is 12.8 Å². The van der Waals surface area contributed by atoms with Gasteiger partial charge in [-0.3, -0.25) is 10.1 Å². The molecule has 1 saturated heterocycles. The molecule has 0 aliphatic carbocycles. The SMILES string of the molecule is COc1ncnc(N2CCC(CN)CC2)c1[N+](=O)[O-]. The number of hydrogen-bond acceptors (Lipinski definition) is 7. The van der Waals surface area contributed by atoms with Gasteiger partial charge in [-0.1, -0.05) is 0 Å². The zero-order valence-electron chi connectivity index (χ0n) is 10.8. The number of ether oxygens (including phenoxy) is 1. The summed E-state index contributed by atoms with van der Waals surface area (Å²) in [7, 11) is 1.36. The second kappa shape index (κ2) is 5.79. The van der Waals surface area contributed by atoms with Gasteiger partial charge >= 0.3 is 5.69 Å². The molecule has 19 heavy (non-hydrogen) atoms. The Balaban J connectivity index is 2.27. The Morgan fingerprint density at radius 2 is 2.21 bits per heavy atom. The first kappa shape index (κ1) is 13.5. The number of hydrogen-bond donors (Lipinski definition) is 1. The highest BCUT2D eigenvalue weighted by Gasteiger charge is 2.30. The third-order valence-corrected chi connectivity index (χ3v) is 3.39. The second-order valence-corrected chi connectivity index (χ2v) is 4.48. The van der Waals surface area contributed by atoms with Gasteiger partial charge in [0.05, 0.1) is 12.0 Å². The molecular formula is C11H17N5O3. The molecule has 8 nitrogen and oxygen atoms in total. The van der Waals surface area contributed by atoms with Crippen molar-refractivity contribution in [3.8, 4) is 5.88 Å². The molecule has 2 rings (SSSR count).